The molecule has 2 aliphatic heterocycles. The first-order chi connectivity index (χ1) is 9.93. The van der Waals surface area contributed by atoms with Crippen LogP contribution in [-0.4, -0.2) is 77.3 Å². The van der Waals surface area contributed by atoms with Gasteiger partial charge < -0.3 is 5.32 Å². The molecule has 2 atom stereocenters. The molecule has 0 aliphatic carbocycles. The monoisotopic (exact) mass is 332 g/mol. The van der Waals surface area contributed by atoms with Crippen LogP contribution >= 0.6 is 0 Å². The van der Waals surface area contributed by atoms with E-state index in [-0.39, 0.29) is 41.9 Å². The number of ketones is 1. The molecular weight excluding hydrogens is 315 g/mol. The van der Waals surface area contributed by atoms with Gasteiger partial charge >= 0.3 is 39.9 Å². The van der Waals surface area contributed by atoms with Crippen molar-refractivity contribution in [1.29, 1.82) is 0 Å². The summed E-state index contributed by atoms with van der Waals surface area (Å²) in [5.41, 5.74) is 0.0175. The van der Waals surface area contributed by atoms with E-state index in [0.717, 1.165) is 9.87 Å². The molecule has 0 radical (unpaired) electrons. The van der Waals surface area contributed by atoms with Crippen LogP contribution in [0.25, 0.3) is 6.08 Å². The molecule has 0 saturated carbocycles. The van der Waals surface area contributed by atoms with Crippen LogP contribution in [0.4, 0.5) is 0 Å². The summed E-state index contributed by atoms with van der Waals surface area (Å²) >= 11 is 0. The third-order valence-electron chi connectivity index (χ3n) is 4.14. The molecule has 8 heteroatoms. The van der Waals surface area contributed by atoms with Crippen LogP contribution in [0, 0.1) is 0 Å². The molecule has 0 bridgehead atoms. The Hall–Kier alpha value is -0.540. The van der Waals surface area contributed by atoms with Gasteiger partial charge in [-0.15, -0.1) is 0 Å². The van der Waals surface area contributed by atoms with Crippen molar-refractivity contribution in [3.05, 3.63) is 42.0 Å². The number of hydrogen-bond acceptors (Lipinski definition) is 4. The molecule has 3 rings (SSSR count). The average molecular weight is 332 g/mol. The summed E-state index contributed by atoms with van der Waals surface area (Å²) in [4.78, 5) is 12.4. The number of fused-ring (bicyclic) bond motifs is 1. The second-order valence-corrected chi connectivity index (χ2v) is 6.70. The van der Waals surface area contributed by atoms with Crippen LogP contribution in [0.1, 0.15) is 12.0 Å². The van der Waals surface area contributed by atoms with Crippen LogP contribution in [0.15, 0.2) is 36.4 Å². The van der Waals surface area contributed by atoms with Gasteiger partial charge in [-0.25, -0.2) is 0 Å². The van der Waals surface area contributed by atoms with Crippen LogP contribution in [-0.2, 0) is 15.1 Å². The molecule has 2 saturated heterocycles. The van der Waals surface area contributed by atoms with E-state index in [1.807, 2.05) is 30.3 Å². The molecular formula is C14H17N2NaO4S. The number of nitrogens with zero attached hydrogens (tertiary/aromatic N) is 1. The summed E-state index contributed by atoms with van der Waals surface area (Å²) in [5, 5.41) is 3.09. The first-order valence-electron chi connectivity index (χ1n) is 6.70. The van der Waals surface area contributed by atoms with Crippen molar-refractivity contribution in [1.82, 2.24) is 9.62 Å². The van der Waals surface area contributed by atoms with Crippen molar-refractivity contribution in [2.75, 3.05) is 13.1 Å². The topological polar surface area (TPSA) is 86.7 Å². The Labute approximate surface area is 151 Å². The Morgan fingerprint density at radius 3 is 2.68 bits per heavy atom. The molecule has 6 nitrogen and oxygen atoms in total. The van der Waals surface area contributed by atoms with E-state index in [1.54, 1.807) is 6.08 Å². The minimum atomic E-state index is -4.24. The number of rotatable bonds is 4. The summed E-state index contributed by atoms with van der Waals surface area (Å²) in [6, 6.07) is 8.91. The van der Waals surface area contributed by atoms with E-state index in [9.17, 15) is 13.2 Å². The van der Waals surface area contributed by atoms with Gasteiger partial charge in [0, 0.05) is 6.54 Å². The summed E-state index contributed by atoms with van der Waals surface area (Å²) in [7, 11) is -4.24. The van der Waals surface area contributed by atoms with Crippen molar-refractivity contribution < 1.29 is 17.8 Å². The van der Waals surface area contributed by atoms with E-state index in [1.165, 1.54) is 6.08 Å². The predicted molar refractivity (Wildman–Crippen MR) is 85.0 cm³/mol. The molecule has 22 heavy (non-hydrogen) atoms. The number of benzene rings is 1. The summed E-state index contributed by atoms with van der Waals surface area (Å²) in [6.45, 7) is 0.538. The second kappa shape index (κ2) is 6.52. The van der Waals surface area contributed by atoms with Gasteiger partial charge in [-0.05, 0) is 24.6 Å². The van der Waals surface area contributed by atoms with E-state index >= 15 is 0 Å². The molecule has 0 unspecified atom stereocenters. The van der Waals surface area contributed by atoms with Gasteiger partial charge in [0.15, 0.2) is 5.78 Å². The average Bonchev–Trinajstić information content (AvgIpc) is 2.73. The summed E-state index contributed by atoms with van der Waals surface area (Å²) < 4.78 is 32.6. The fourth-order valence-corrected chi connectivity index (χ4v) is 4.02. The fourth-order valence-electron chi connectivity index (χ4n) is 3.05. The molecule has 1 aromatic rings. The fraction of sp³-hybridized carbons (Fsp3) is 0.357. The Kier molecular flexibility index (Phi) is 5.28. The molecule has 0 amide bonds. The number of carbonyl (C=O) groups is 1. The van der Waals surface area contributed by atoms with Gasteiger partial charge in [0.2, 0.25) is 0 Å². The quantitative estimate of drug-likeness (QED) is 0.455. The van der Waals surface area contributed by atoms with Crippen LogP contribution in [0.3, 0.4) is 0 Å². The van der Waals surface area contributed by atoms with Crippen molar-refractivity contribution >= 4 is 51.7 Å². The summed E-state index contributed by atoms with van der Waals surface area (Å²) in [6.07, 6.45) is 3.71. The van der Waals surface area contributed by atoms with Gasteiger partial charge in [0.05, 0.1) is 6.04 Å². The van der Waals surface area contributed by atoms with Gasteiger partial charge in [-0.1, -0.05) is 36.4 Å². The third-order valence-corrected chi connectivity index (χ3v) is 5.12. The zero-order valence-corrected chi connectivity index (χ0v) is 12.1. The van der Waals surface area contributed by atoms with E-state index < -0.39 is 21.9 Å². The predicted octanol–water partition coefficient (Wildman–Crippen LogP) is -0.160. The standard InChI is InChI=1S/C14H16N2O4S.Na.H/c17-13(7-6-11-4-2-1-3-5-11)14-10-16(21(18,19)20)12(14)8-9-15-14;;/h1-7,12,15H,8-10H2,(H,18,19,20);;/b7-6+;;/t12-,14+;;/m1../s1. The van der Waals surface area contributed by atoms with Gasteiger partial charge in [0.1, 0.15) is 5.54 Å². The Balaban J connectivity index is 0.00000176. The van der Waals surface area contributed by atoms with Crippen molar-refractivity contribution in [3.8, 4) is 0 Å². The van der Waals surface area contributed by atoms with Crippen LogP contribution in [0.2, 0.25) is 0 Å². The molecule has 114 valence electrons. The maximum absolute atomic E-state index is 12.4. The van der Waals surface area contributed by atoms with Crippen LogP contribution < -0.4 is 5.32 Å². The van der Waals surface area contributed by atoms with E-state index in [0.29, 0.717) is 13.0 Å². The molecule has 2 heterocycles. The Morgan fingerprint density at radius 2 is 2.05 bits per heavy atom. The van der Waals surface area contributed by atoms with Gasteiger partial charge in [-0.2, -0.15) is 12.7 Å². The number of nitrogens with one attached hydrogen (secondary N) is 1. The number of carbonyl (C=O) groups excluding carboxylic acids is 1. The molecule has 1 aromatic carbocycles. The minimum absolute atomic E-state index is 0. The first kappa shape index (κ1) is 17.8. The molecule has 2 aliphatic rings. The zero-order chi connectivity index (χ0) is 15.1. The molecule has 0 aromatic heterocycles. The summed E-state index contributed by atoms with van der Waals surface area (Å²) in [5.74, 6) is -0.159. The van der Waals surface area contributed by atoms with Gasteiger partial charge in [-0.3, -0.25) is 9.35 Å². The second-order valence-electron chi connectivity index (χ2n) is 5.33. The van der Waals surface area contributed by atoms with Gasteiger partial charge in [0.25, 0.3) is 0 Å². The van der Waals surface area contributed by atoms with E-state index in [2.05, 4.69) is 5.32 Å². The van der Waals surface area contributed by atoms with Crippen LogP contribution in [0.5, 0.6) is 0 Å². The first-order valence-corrected chi connectivity index (χ1v) is 8.10. The van der Waals surface area contributed by atoms with Crippen molar-refractivity contribution in [2.45, 2.75) is 18.0 Å². The molecule has 2 N–H and O–H groups in total. The number of hydrogen-bond donors (Lipinski definition) is 2. The molecule has 0 spiro atoms. The van der Waals surface area contributed by atoms with Crippen molar-refractivity contribution in [3.63, 3.8) is 0 Å². The Morgan fingerprint density at radius 1 is 1.36 bits per heavy atom. The molecule has 2 fully saturated rings. The van der Waals surface area contributed by atoms with Crippen molar-refractivity contribution in [2.24, 2.45) is 0 Å². The van der Waals surface area contributed by atoms with E-state index in [4.69, 9.17) is 4.55 Å². The maximum atomic E-state index is 12.4. The SMILES string of the molecule is O=C(/C=C/c1ccccc1)[C@]12CN(S(=O)(=O)O)[C@@H]1CCN2.[NaH]. The third kappa shape index (κ3) is 3.07. The normalized spacial score (nSPS) is 28.0. The zero-order valence-electron chi connectivity index (χ0n) is 11.3. The Bertz CT molecular complexity index is 692.